The number of aryl methyl sites for hydroxylation is 2. The molecule has 0 fully saturated rings. The van der Waals surface area contributed by atoms with Crippen molar-refractivity contribution in [2.45, 2.75) is 130 Å². The lowest BCUT2D eigenvalue weighted by Crippen LogP contribution is -1.97. The molecule has 0 amide bonds. The molecule has 0 aliphatic rings. The third-order valence-electron chi connectivity index (χ3n) is 6.76. The van der Waals surface area contributed by atoms with Crippen molar-refractivity contribution in [3.05, 3.63) is 47.8 Å². The Morgan fingerprint density at radius 3 is 1.82 bits per heavy atom. The van der Waals surface area contributed by atoms with Crippen LogP contribution in [0.15, 0.2) is 36.7 Å². The summed E-state index contributed by atoms with van der Waals surface area (Å²) in [5, 5.41) is 0. The molecule has 33 heavy (non-hydrogen) atoms. The molecule has 1 aromatic carbocycles. The molecule has 0 bridgehead atoms. The van der Waals surface area contributed by atoms with Gasteiger partial charge in [0, 0.05) is 18.0 Å². The molecule has 184 valence electrons. The molecule has 0 N–H and O–H groups in total. The lowest BCUT2D eigenvalue weighted by molar-refractivity contribution is 0.511. The summed E-state index contributed by atoms with van der Waals surface area (Å²) in [6, 6.07) is 8.72. The third kappa shape index (κ3) is 12.4. The first kappa shape index (κ1) is 27.5. The zero-order chi connectivity index (χ0) is 23.6. The Morgan fingerprint density at radius 1 is 0.636 bits per heavy atom. The van der Waals surface area contributed by atoms with Gasteiger partial charge in [0.15, 0.2) is 5.82 Å². The Balaban J connectivity index is 1.69. The molecule has 2 nitrogen and oxygen atoms in total. The number of nitrogens with zero attached hydrogens (tertiary/aromatic N) is 2. The van der Waals surface area contributed by atoms with Crippen LogP contribution in [0.4, 0.5) is 0 Å². The molecule has 0 aliphatic carbocycles. The first-order valence-corrected chi connectivity index (χ1v) is 14.1. The van der Waals surface area contributed by atoms with Crippen molar-refractivity contribution >= 4 is 0 Å². The second kappa shape index (κ2) is 17.7. The van der Waals surface area contributed by atoms with Crippen molar-refractivity contribution in [2.75, 3.05) is 0 Å². The topological polar surface area (TPSA) is 25.8 Å². The highest BCUT2D eigenvalue weighted by molar-refractivity contribution is 5.59. The largest absolute Gasteiger partial charge is 0.236 e. The minimum Gasteiger partial charge on any atom is -0.236 e. The summed E-state index contributed by atoms with van der Waals surface area (Å²) in [6.45, 7) is 6.93. The minimum absolute atomic E-state index is 0.852. The van der Waals surface area contributed by atoms with Crippen LogP contribution in [-0.4, -0.2) is 9.97 Å². The zero-order valence-electron chi connectivity index (χ0n) is 22.0. The van der Waals surface area contributed by atoms with Crippen LogP contribution in [0.25, 0.3) is 11.4 Å². The predicted molar refractivity (Wildman–Crippen MR) is 145 cm³/mol. The normalized spacial score (nSPS) is 11.4. The number of aromatic nitrogens is 2. The molecule has 0 unspecified atom stereocenters. The maximum atomic E-state index is 4.74. The number of hydrogen-bond acceptors (Lipinski definition) is 2. The van der Waals surface area contributed by atoms with E-state index in [2.05, 4.69) is 57.4 Å². The maximum absolute atomic E-state index is 4.74. The Labute approximate surface area is 205 Å². The summed E-state index contributed by atoms with van der Waals surface area (Å²) in [5.41, 5.74) is 3.89. The molecule has 0 spiro atoms. The first-order valence-electron chi connectivity index (χ1n) is 14.1. The second-order valence-electron chi connectivity index (χ2n) is 10.4. The van der Waals surface area contributed by atoms with Gasteiger partial charge in [-0.2, -0.15) is 0 Å². The fourth-order valence-electron chi connectivity index (χ4n) is 4.62. The fourth-order valence-corrected chi connectivity index (χ4v) is 4.62. The van der Waals surface area contributed by atoms with E-state index in [0.717, 1.165) is 24.6 Å². The highest BCUT2D eigenvalue weighted by atomic mass is 14.9. The highest BCUT2D eigenvalue weighted by Gasteiger charge is 2.08. The Hall–Kier alpha value is -1.70. The summed E-state index contributed by atoms with van der Waals surface area (Å²) >= 11 is 0. The molecule has 0 radical (unpaired) electrons. The molecule has 0 atom stereocenters. The number of hydrogen-bond donors (Lipinski definition) is 0. The van der Waals surface area contributed by atoms with Gasteiger partial charge in [-0.3, -0.25) is 0 Å². The molecule has 2 aromatic rings. The van der Waals surface area contributed by atoms with Gasteiger partial charge in [-0.15, -0.1) is 0 Å². The van der Waals surface area contributed by atoms with Gasteiger partial charge in [0.2, 0.25) is 0 Å². The van der Waals surface area contributed by atoms with E-state index in [1.807, 2.05) is 0 Å². The van der Waals surface area contributed by atoms with Crippen LogP contribution in [0.2, 0.25) is 0 Å². The van der Waals surface area contributed by atoms with E-state index < -0.39 is 0 Å². The van der Waals surface area contributed by atoms with Crippen LogP contribution in [0.3, 0.4) is 0 Å². The van der Waals surface area contributed by atoms with Crippen molar-refractivity contribution < 1.29 is 0 Å². The Kier molecular flexibility index (Phi) is 14.8. The average Bonchev–Trinajstić information content (AvgIpc) is 2.83. The molecular formula is C31H50N2. The highest BCUT2D eigenvalue weighted by Crippen LogP contribution is 2.23. The number of unbranched alkanes of at least 4 members (excludes halogenated alkanes) is 12. The van der Waals surface area contributed by atoms with Crippen LogP contribution < -0.4 is 0 Å². The van der Waals surface area contributed by atoms with Crippen LogP contribution in [0.5, 0.6) is 0 Å². The summed E-state index contributed by atoms with van der Waals surface area (Å²) in [6.07, 6.45) is 26.7. The van der Waals surface area contributed by atoms with Gasteiger partial charge in [-0.1, -0.05) is 129 Å². The van der Waals surface area contributed by atoms with Crippen molar-refractivity contribution in [1.82, 2.24) is 9.97 Å². The van der Waals surface area contributed by atoms with Gasteiger partial charge in [-0.25, -0.2) is 9.97 Å². The number of rotatable bonds is 19. The average molecular weight is 451 g/mol. The van der Waals surface area contributed by atoms with Gasteiger partial charge in [-0.05, 0) is 42.7 Å². The molecule has 1 heterocycles. The molecular weight excluding hydrogens is 400 g/mol. The van der Waals surface area contributed by atoms with Crippen molar-refractivity contribution in [3.63, 3.8) is 0 Å². The van der Waals surface area contributed by atoms with E-state index in [-0.39, 0.29) is 0 Å². The van der Waals surface area contributed by atoms with Crippen LogP contribution >= 0.6 is 0 Å². The van der Waals surface area contributed by atoms with Crippen LogP contribution in [0.1, 0.15) is 128 Å². The van der Waals surface area contributed by atoms with Gasteiger partial charge in [0.1, 0.15) is 0 Å². The van der Waals surface area contributed by atoms with Gasteiger partial charge in [0.25, 0.3) is 0 Å². The van der Waals surface area contributed by atoms with Crippen molar-refractivity contribution in [1.29, 1.82) is 0 Å². The third-order valence-corrected chi connectivity index (χ3v) is 6.76. The van der Waals surface area contributed by atoms with Crippen molar-refractivity contribution in [3.8, 4) is 11.4 Å². The molecule has 0 saturated carbocycles. The van der Waals surface area contributed by atoms with E-state index in [4.69, 9.17) is 9.97 Å². The fraction of sp³-hybridized carbons (Fsp3) is 0.677. The quantitative estimate of drug-likeness (QED) is 0.199. The Morgan fingerprint density at radius 2 is 1.18 bits per heavy atom. The van der Waals surface area contributed by atoms with Gasteiger partial charge in [0.05, 0.1) is 0 Å². The lowest BCUT2D eigenvalue weighted by Gasteiger charge is -2.09. The SMILES string of the molecule is CCCCCCCCCCc1ccccc1-c1ncc(CCCCCCCCC(C)C)cn1. The van der Waals surface area contributed by atoms with E-state index in [0.29, 0.717) is 0 Å². The molecule has 0 aliphatic heterocycles. The molecule has 2 rings (SSSR count). The summed E-state index contributed by atoms with van der Waals surface area (Å²) < 4.78 is 0. The second-order valence-corrected chi connectivity index (χ2v) is 10.4. The Bertz CT molecular complexity index is 720. The van der Waals surface area contributed by atoms with Gasteiger partial charge < -0.3 is 0 Å². The van der Waals surface area contributed by atoms with E-state index in [9.17, 15) is 0 Å². The first-order chi connectivity index (χ1) is 16.2. The summed E-state index contributed by atoms with van der Waals surface area (Å²) in [5.74, 6) is 1.74. The predicted octanol–water partition coefficient (Wildman–Crippen LogP) is 9.76. The molecule has 0 saturated heterocycles. The molecule has 1 aromatic heterocycles. The van der Waals surface area contributed by atoms with E-state index in [1.54, 1.807) is 0 Å². The maximum Gasteiger partial charge on any atom is 0.159 e. The van der Waals surface area contributed by atoms with Crippen LogP contribution in [0, 0.1) is 5.92 Å². The van der Waals surface area contributed by atoms with Crippen molar-refractivity contribution in [2.24, 2.45) is 5.92 Å². The van der Waals surface area contributed by atoms with Gasteiger partial charge >= 0.3 is 0 Å². The lowest BCUT2D eigenvalue weighted by atomic mass is 9.99. The standard InChI is InChI=1S/C31H50N2/c1-4-5-6-7-8-9-14-17-22-29-23-18-19-24-30(29)31-32-25-28(26-33-31)21-16-13-11-10-12-15-20-27(2)3/h18-19,23-27H,4-17,20-22H2,1-3H3. The summed E-state index contributed by atoms with van der Waals surface area (Å²) in [4.78, 5) is 9.48. The summed E-state index contributed by atoms with van der Waals surface area (Å²) in [7, 11) is 0. The minimum atomic E-state index is 0.852. The molecule has 2 heteroatoms. The van der Waals surface area contributed by atoms with Crippen LogP contribution in [-0.2, 0) is 12.8 Å². The smallest absolute Gasteiger partial charge is 0.159 e. The monoisotopic (exact) mass is 450 g/mol. The zero-order valence-corrected chi connectivity index (χ0v) is 22.0. The number of benzene rings is 1. The van der Waals surface area contributed by atoms with E-state index >= 15 is 0 Å². The van der Waals surface area contributed by atoms with E-state index in [1.165, 1.54) is 113 Å².